The van der Waals surface area contributed by atoms with E-state index < -0.39 is 17.6 Å². The maximum Gasteiger partial charge on any atom is 0.266 e. The largest absolute Gasteiger partial charge is 0.442 e. The van der Waals surface area contributed by atoms with E-state index in [1.54, 1.807) is 4.90 Å². The molecule has 0 spiro atoms. The summed E-state index contributed by atoms with van der Waals surface area (Å²) in [5.74, 6) is -1.38. The molecule has 22 heavy (non-hydrogen) atoms. The van der Waals surface area contributed by atoms with Crippen molar-refractivity contribution >= 4 is 5.78 Å². The number of benzene rings is 1. The average Bonchev–Trinajstić information content (AvgIpc) is 3.06. The normalized spacial score (nSPS) is 26.0. The lowest BCUT2D eigenvalue weighted by Gasteiger charge is -2.37. The zero-order chi connectivity index (χ0) is 15.6. The number of rotatable bonds is 4. The second-order valence-corrected chi connectivity index (χ2v) is 5.47. The molecule has 0 bridgehead atoms. The van der Waals surface area contributed by atoms with E-state index in [1.807, 2.05) is 30.3 Å². The van der Waals surface area contributed by atoms with Crippen LogP contribution in [0.2, 0.25) is 0 Å². The van der Waals surface area contributed by atoms with Crippen molar-refractivity contribution in [2.75, 3.05) is 13.1 Å². The van der Waals surface area contributed by atoms with Gasteiger partial charge in [0, 0.05) is 26.1 Å². The fourth-order valence-corrected chi connectivity index (χ4v) is 2.69. The summed E-state index contributed by atoms with van der Waals surface area (Å²) in [7, 11) is 0. The number of likely N-dealkylation sites (tertiary alicyclic amines) is 1. The Balaban J connectivity index is 1.68. The molecule has 3 rings (SSSR count). The van der Waals surface area contributed by atoms with Gasteiger partial charge in [0.2, 0.25) is 5.67 Å². The van der Waals surface area contributed by atoms with Crippen molar-refractivity contribution in [3.8, 4) is 0 Å². The summed E-state index contributed by atoms with van der Waals surface area (Å²) in [6.07, 6.45) is 0.314. The van der Waals surface area contributed by atoms with Gasteiger partial charge in [0.25, 0.3) is 11.7 Å². The summed E-state index contributed by atoms with van der Waals surface area (Å²) in [4.78, 5) is 17.5. The Morgan fingerprint density at radius 1 is 1.41 bits per heavy atom. The highest BCUT2D eigenvalue weighted by molar-refractivity contribution is 5.99. The van der Waals surface area contributed by atoms with Crippen LogP contribution in [0.3, 0.4) is 0 Å². The molecule has 0 radical (unpaired) electrons. The van der Waals surface area contributed by atoms with Gasteiger partial charge < -0.3 is 4.42 Å². The third-order valence-corrected chi connectivity index (χ3v) is 3.96. The number of alkyl halides is 2. The lowest BCUT2D eigenvalue weighted by Crippen LogP contribution is -2.55. The second kappa shape index (κ2) is 5.96. The van der Waals surface area contributed by atoms with Gasteiger partial charge in [-0.05, 0) is 5.56 Å². The Bertz CT molecular complexity index is 633. The Morgan fingerprint density at radius 3 is 2.82 bits per heavy atom. The molecule has 1 aliphatic heterocycles. The first-order valence-corrected chi connectivity index (χ1v) is 7.13. The van der Waals surface area contributed by atoms with Gasteiger partial charge in [-0.25, -0.2) is 13.8 Å². The highest BCUT2D eigenvalue weighted by Gasteiger charge is 2.52. The molecule has 0 amide bonds. The van der Waals surface area contributed by atoms with Gasteiger partial charge in [-0.2, -0.15) is 0 Å². The van der Waals surface area contributed by atoms with Crippen LogP contribution in [-0.4, -0.2) is 40.6 Å². The van der Waals surface area contributed by atoms with Crippen LogP contribution in [0.5, 0.6) is 0 Å². The van der Waals surface area contributed by atoms with E-state index in [9.17, 15) is 13.6 Å². The third kappa shape index (κ3) is 2.78. The topological polar surface area (TPSA) is 46.3 Å². The van der Waals surface area contributed by atoms with Crippen molar-refractivity contribution < 1.29 is 18.0 Å². The fourth-order valence-electron chi connectivity index (χ4n) is 2.69. The van der Waals surface area contributed by atoms with Crippen LogP contribution in [-0.2, 0) is 6.54 Å². The Morgan fingerprint density at radius 2 is 2.18 bits per heavy atom. The first-order valence-electron chi connectivity index (χ1n) is 7.13. The van der Waals surface area contributed by atoms with Gasteiger partial charge in [0.15, 0.2) is 6.17 Å². The van der Waals surface area contributed by atoms with Gasteiger partial charge in [-0.15, -0.1) is 0 Å². The van der Waals surface area contributed by atoms with Crippen LogP contribution in [0.1, 0.15) is 22.7 Å². The zero-order valence-corrected chi connectivity index (χ0v) is 11.9. The van der Waals surface area contributed by atoms with E-state index in [-0.39, 0.29) is 18.9 Å². The van der Waals surface area contributed by atoms with Crippen molar-refractivity contribution in [2.24, 2.45) is 0 Å². The molecule has 116 valence electrons. The van der Waals surface area contributed by atoms with Crippen molar-refractivity contribution in [3.05, 3.63) is 54.2 Å². The molecular weight excluding hydrogens is 290 g/mol. The predicted octanol–water partition coefficient (Wildman–Crippen LogP) is 2.81. The SMILES string of the molecule is O=C(c1ncco1)C1(F)CCN(Cc2ccccc2)CC1F. The van der Waals surface area contributed by atoms with Crippen molar-refractivity contribution in [2.45, 2.75) is 24.8 Å². The Hall–Kier alpha value is -2.08. The van der Waals surface area contributed by atoms with Gasteiger partial charge in [-0.1, -0.05) is 30.3 Å². The van der Waals surface area contributed by atoms with Crippen LogP contribution >= 0.6 is 0 Å². The molecule has 4 nitrogen and oxygen atoms in total. The summed E-state index contributed by atoms with van der Waals surface area (Å²) in [5.41, 5.74) is -1.53. The molecule has 2 unspecified atom stereocenters. The van der Waals surface area contributed by atoms with Gasteiger partial charge in [-0.3, -0.25) is 9.69 Å². The lowest BCUT2D eigenvalue weighted by atomic mass is 9.87. The minimum atomic E-state index is -2.56. The van der Waals surface area contributed by atoms with Crippen molar-refractivity contribution in [3.63, 3.8) is 0 Å². The molecule has 2 aromatic rings. The number of aromatic nitrogens is 1. The molecule has 2 heterocycles. The molecule has 1 aromatic heterocycles. The Kier molecular flexibility index (Phi) is 4.02. The number of hydrogen-bond donors (Lipinski definition) is 0. The number of Topliss-reactive ketones (excluding diaryl/α,β-unsaturated/α-hetero) is 1. The number of ketones is 1. The number of carbonyl (C=O) groups excluding carboxylic acids is 1. The highest BCUT2D eigenvalue weighted by atomic mass is 19.2. The quantitative estimate of drug-likeness (QED) is 0.815. The molecular formula is C16H16F2N2O2. The number of piperidine rings is 1. The molecule has 0 saturated carbocycles. The maximum atomic E-state index is 14.8. The zero-order valence-electron chi connectivity index (χ0n) is 11.9. The molecule has 1 aliphatic rings. The van der Waals surface area contributed by atoms with Gasteiger partial charge >= 0.3 is 0 Å². The van der Waals surface area contributed by atoms with E-state index in [0.717, 1.165) is 5.56 Å². The third-order valence-electron chi connectivity index (χ3n) is 3.96. The van der Waals surface area contributed by atoms with E-state index in [1.165, 1.54) is 12.5 Å². The number of carbonyl (C=O) groups is 1. The average molecular weight is 306 g/mol. The van der Waals surface area contributed by atoms with Crippen molar-refractivity contribution in [1.82, 2.24) is 9.88 Å². The minimum Gasteiger partial charge on any atom is -0.442 e. The standard InChI is InChI=1S/C16H16F2N2O2/c17-13-11-20(10-12-4-2-1-3-5-12)8-6-16(13,18)14(21)15-19-7-9-22-15/h1-5,7,9,13H,6,8,10-11H2. The van der Waals surface area contributed by atoms with Crippen molar-refractivity contribution in [1.29, 1.82) is 0 Å². The number of halogens is 2. The number of nitrogens with zero attached hydrogens (tertiary/aromatic N) is 2. The summed E-state index contributed by atoms with van der Waals surface area (Å²) < 4.78 is 33.9. The maximum absolute atomic E-state index is 14.8. The lowest BCUT2D eigenvalue weighted by molar-refractivity contribution is -0.0134. The first-order chi connectivity index (χ1) is 10.6. The summed E-state index contributed by atoms with van der Waals surface area (Å²) in [6, 6.07) is 9.57. The molecule has 1 aromatic carbocycles. The summed E-state index contributed by atoms with van der Waals surface area (Å²) >= 11 is 0. The highest BCUT2D eigenvalue weighted by Crippen LogP contribution is 2.33. The van der Waals surface area contributed by atoms with Crippen LogP contribution in [0.25, 0.3) is 0 Å². The van der Waals surface area contributed by atoms with E-state index in [2.05, 4.69) is 4.98 Å². The van der Waals surface area contributed by atoms with Crippen LogP contribution in [0.15, 0.2) is 47.2 Å². The van der Waals surface area contributed by atoms with Gasteiger partial charge in [0.05, 0.1) is 6.20 Å². The summed E-state index contributed by atoms with van der Waals surface area (Å²) in [5, 5.41) is 0. The Labute approximate surface area is 126 Å². The monoisotopic (exact) mass is 306 g/mol. The fraction of sp³-hybridized carbons (Fsp3) is 0.375. The molecule has 2 atom stereocenters. The second-order valence-electron chi connectivity index (χ2n) is 5.47. The van der Waals surface area contributed by atoms with Crippen LogP contribution in [0.4, 0.5) is 8.78 Å². The van der Waals surface area contributed by atoms with E-state index in [0.29, 0.717) is 13.1 Å². The minimum absolute atomic E-state index is 0.127. The van der Waals surface area contributed by atoms with E-state index >= 15 is 0 Å². The van der Waals surface area contributed by atoms with Crippen LogP contribution in [0, 0.1) is 0 Å². The molecule has 1 saturated heterocycles. The summed E-state index contributed by atoms with van der Waals surface area (Å²) in [6.45, 7) is 0.709. The number of hydrogen-bond acceptors (Lipinski definition) is 4. The molecule has 1 fully saturated rings. The predicted molar refractivity (Wildman–Crippen MR) is 75.9 cm³/mol. The van der Waals surface area contributed by atoms with Gasteiger partial charge in [0.1, 0.15) is 6.26 Å². The molecule has 6 heteroatoms. The smallest absolute Gasteiger partial charge is 0.266 e. The van der Waals surface area contributed by atoms with Crippen LogP contribution < -0.4 is 0 Å². The van der Waals surface area contributed by atoms with E-state index in [4.69, 9.17) is 4.42 Å². The first kappa shape index (κ1) is 14.8. The molecule has 0 N–H and O–H groups in total. The molecule has 0 aliphatic carbocycles. The number of oxazole rings is 1.